The maximum atomic E-state index is 5.35. The van der Waals surface area contributed by atoms with Crippen LogP contribution < -0.4 is 10.1 Å². The Bertz CT molecular complexity index is 538. The standard InChI is InChI=1S/C14H21N5O/c1-4-20-14-7-12(17-10-18-14)16-8-13-15-5-6-19(13)9-11(2)3/h5-7,10-11H,4,8-9H2,1-3H3,(H,16,17,18). The molecule has 0 atom stereocenters. The van der Waals surface area contributed by atoms with Crippen LogP contribution in [0.4, 0.5) is 5.82 Å². The van der Waals surface area contributed by atoms with E-state index in [1.807, 2.05) is 19.3 Å². The van der Waals surface area contributed by atoms with Crippen LogP contribution in [0.15, 0.2) is 24.8 Å². The molecule has 0 bridgehead atoms. The van der Waals surface area contributed by atoms with Gasteiger partial charge in [0.25, 0.3) is 0 Å². The zero-order valence-corrected chi connectivity index (χ0v) is 12.2. The number of anilines is 1. The summed E-state index contributed by atoms with van der Waals surface area (Å²) in [4.78, 5) is 12.6. The minimum atomic E-state index is 0.579. The van der Waals surface area contributed by atoms with Crippen molar-refractivity contribution in [3.8, 4) is 5.88 Å². The summed E-state index contributed by atoms with van der Waals surface area (Å²) in [6.45, 7) is 8.49. The summed E-state index contributed by atoms with van der Waals surface area (Å²) in [5.41, 5.74) is 0. The van der Waals surface area contributed by atoms with E-state index in [9.17, 15) is 0 Å². The van der Waals surface area contributed by atoms with Crippen molar-refractivity contribution in [3.63, 3.8) is 0 Å². The number of aromatic nitrogens is 4. The molecular weight excluding hydrogens is 254 g/mol. The molecule has 2 rings (SSSR count). The first-order valence-corrected chi connectivity index (χ1v) is 6.87. The normalized spacial score (nSPS) is 10.8. The molecule has 0 aliphatic heterocycles. The van der Waals surface area contributed by atoms with E-state index >= 15 is 0 Å². The summed E-state index contributed by atoms with van der Waals surface area (Å²) in [5.74, 6) is 2.90. The van der Waals surface area contributed by atoms with E-state index in [2.05, 4.69) is 38.7 Å². The van der Waals surface area contributed by atoms with Crippen LogP contribution in [0, 0.1) is 5.92 Å². The van der Waals surface area contributed by atoms with E-state index in [-0.39, 0.29) is 0 Å². The van der Waals surface area contributed by atoms with Gasteiger partial charge < -0.3 is 14.6 Å². The van der Waals surface area contributed by atoms with Crippen molar-refractivity contribution in [2.45, 2.75) is 33.9 Å². The largest absolute Gasteiger partial charge is 0.478 e. The van der Waals surface area contributed by atoms with Gasteiger partial charge in [-0.1, -0.05) is 13.8 Å². The summed E-state index contributed by atoms with van der Waals surface area (Å²) < 4.78 is 7.50. The molecule has 0 aliphatic rings. The molecule has 0 unspecified atom stereocenters. The molecule has 20 heavy (non-hydrogen) atoms. The van der Waals surface area contributed by atoms with E-state index in [1.165, 1.54) is 6.33 Å². The monoisotopic (exact) mass is 275 g/mol. The number of nitrogens with zero attached hydrogens (tertiary/aromatic N) is 4. The Hall–Kier alpha value is -2.11. The summed E-state index contributed by atoms with van der Waals surface area (Å²) in [7, 11) is 0. The summed E-state index contributed by atoms with van der Waals surface area (Å²) in [6.07, 6.45) is 5.32. The van der Waals surface area contributed by atoms with Crippen molar-refractivity contribution < 1.29 is 4.74 Å². The second-order valence-electron chi connectivity index (χ2n) is 4.92. The van der Waals surface area contributed by atoms with Crippen LogP contribution in [0.3, 0.4) is 0 Å². The molecule has 0 fully saturated rings. The van der Waals surface area contributed by atoms with Crippen molar-refractivity contribution in [2.24, 2.45) is 5.92 Å². The molecule has 0 saturated carbocycles. The van der Waals surface area contributed by atoms with Crippen molar-refractivity contribution in [1.82, 2.24) is 19.5 Å². The molecule has 2 aromatic rings. The number of rotatable bonds is 7. The van der Waals surface area contributed by atoms with Crippen molar-refractivity contribution in [2.75, 3.05) is 11.9 Å². The first-order valence-electron chi connectivity index (χ1n) is 6.87. The minimum absolute atomic E-state index is 0.579. The molecule has 2 heterocycles. The van der Waals surface area contributed by atoms with Gasteiger partial charge in [-0.15, -0.1) is 0 Å². The van der Waals surface area contributed by atoms with Crippen LogP contribution in [0.25, 0.3) is 0 Å². The fraction of sp³-hybridized carbons (Fsp3) is 0.500. The third-order valence-electron chi connectivity index (χ3n) is 2.73. The number of hydrogen-bond acceptors (Lipinski definition) is 5. The van der Waals surface area contributed by atoms with E-state index in [4.69, 9.17) is 4.74 Å². The first-order chi connectivity index (χ1) is 9.69. The van der Waals surface area contributed by atoms with Crippen LogP contribution in [-0.2, 0) is 13.1 Å². The fourth-order valence-corrected chi connectivity index (χ4v) is 1.90. The van der Waals surface area contributed by atoms with Crippen LogP contribution in [-0.4, -0.2) is 26.1 Å². The Morgan fingerprint density at radius 2 is 2.15 bits per heavy atom. The Morgan fingerprint density at radius 1 is 1.30 bits per heavy atom. The van der Waals surface area contributed by atoms with Gasteiger partial charge in [0.1, 0.15) is 18.0 Å². The van der Waals surface area contributed by atoms with Gasteiger partial charge in [-0.25, -0.2) is 15.0 Å². The second kappa shape index (κ2) is 6.88. The minimum Gasteiger partial charge on any atom is -0.478 e. The lowest BCUT2D eigenvalue weighted by Gasteiger charge is -2.11. The predicted molar refractivity (Wildman–Crippen MR) is 77.6 cm³/mol. The maximum absolute atomic E-state index is 5.35. The first kappa shape index (κ1) is 14.3. The average Bonchev–Trinajstić information content (AvgIpc) is 2.84. The third kappa shape index (κ3) is 3.94. The summed E-state index contributed by atoms with van der Waals surface area (Å²) in [6, 6.07) is 1.79. The van der Waals surface area contributed by atoms with Crippen molar-refractivity contribution in [3.05, 3.63) is 30.6 Å². The van der Waals surface area contributed by atoms with Gasteiger partial charge in [0.2, 0.25) is 5.88 Å². The highest BCUT2D eigenvalue weighted by molar-refractivity contribution is 5.37. The SMILES string of the molecule is CCOc1cc(NCc2nccn2CC(C)C)ncn1. The van der Waals surface area contributed by atoms with E-state index in [0.29, 0.717) is 24.9 Å². The third-order valence-corrected chi connectivity index (χ3v) is 2.73. The Kier molecular flexibility index (Phi) is 4.92. The highest BCUT2D eigenvalue weighted by atomic mass is 16.5. The van der Waals surface area contributed by atoms with Crippen molar-refractivity contribution >= 4 is 5.82 Å². The average molecular weight is 275 g/mol. The van der Waals surface area contributed by atoms with Gasteiger partial charge >= 0.3 is 0 Å². The molecule has 0 radical (unpaired) electrons. The lowest BCUT2D eigenvalue weighted by Crippen LogP contribution is -2.12. The molecule has 2 aromatic heterocycles. The van der Waals surface area contributed by atoms with Gasteiger partial charge in [-0.05, 0) is 12.8 Å². The van der Waals surface area contributed by atoms with Crippen molar-refractivity contribution in [1.29, 1.82) is 0 Å². The van der Waals surface area contributed by atoms with Crippen LogP contribution in [0.5, 0.6) is 5.88 Å². The van der Waals surface area contributed by atoms with E-state index in [0.717, 1.165) is 18.2 Å². The lowest BCUT2D eigenvalue weighted by molar-refractivity contribution is 0.326. The van der Waals surface area contributed by atoms with Crippen LogP contribution in [0.2, 0.25) is 0 Å². The number of nitrogens with one attached hydrogen (secondary N) is 1. The smallest absolute Gasteiger partial charge is 0.218 e. The molecule has 0 aromatic carbocycles. The Labute approximate surface area is 119 Å². The molecule has 108 valence electrons. The zero-order chi connectivity index (χ0) is 14.4. The number of ether oxygens (including phenoxy) is 1. The quantitative estimate of drug-likeness (QED) is 0.840. The van der Waals surface area contributed by atoms with E-state index in [1.54, 1.807) is 6.07 Å². The molecule has 0 saturated heterocycles. The molecular formula is C14H21N5O. The second-order valence-corrected chi connectivity index (χ2v) is 4.92. The highest BCUT2D eigenvalue weighted by Crippen LogP contribution is 2.12. The molecule has 0 spiro atoms. The van der Waals surface area contributed by atoms with Crippen LogP contribution in [0.1, 0.15) is 26.6 Å². The van der Waals surface area contributed by atoms with Crippen LogP contribution >= 0.6 is 0 Å². The fourth-order valence-electron chi connectivity index (χ4n) is 1.90. The van der Waals surface area contributed by atoms with E-state index < -0.39 is 0 Å². The number of imidazole rings is 1. The van der Waals surface area contributed by atoms with Gasteiger partial charge in [0.05, 0.1) is 13.2 Å². The maximum Gasteiger partial charge on any atom is 0.218 e. The number of hydrogen-bond donors (Lipinski definition) is 1. The lowest BCUT2D eigenvalue weighted by atomic mass is 10.2. The summed E-state index contributed by atoms with van der Waals surface area (Å²) >= 11 is 0. The Balaban J connectivity index is 1.98. The predicted octanol–water partition coefficient (Wildman–Crippen LogP) is 2.34. The van der Waals surface area contributed by atoms with Gasteiger partial charge in [-0.2, -0.15) is 0 Å². The molecule has 6 heteroatoms. The highest BCUT2D eigenvalue weighted by Gasteiger charge is 2.05. The van der Waals surface area contributed by atoms with Gasteiger partial charge in [-0.3, -0.25) is 0 Å². The molecule has 0 aliphatic carbocycles. The van der Waals surface area contributed by atoms with Gasteiger partial charge in [0, 0.05) is 25.0 Å². The van der Waals surface area contributed by atoms with Gasteiger partial charge in [0.15, 0.2) is 0 Å². The Morgan fingerprint density at radius 3 is 2.90 bits per heavy atom. The topological polar surface area (TPSA) is 64.9 Å². The summed E-state index contributed by atoms with van der Waals surface area (Å²) in [5, 5.41) is 3.25. The molecule has 6 nitrogen and oxygen atoms in total. The molecule has 1 N–H and O–H groups in total. The molecule has 0 amide bonds. The zero-order valence-electron chi connectivity index (χ0n) is 12.2.